The van der Waals surface area contributed by atoms with Crippen molar-refractivity contribution in [3.05, 3.63) is 46.2 Å². The number of thiophene rings is 1. The highest BCUT2D eigenvalue weighted by Gasteiger charge is 2.23. The minimum Gasteiger partial charge on any atom is -0.395 e. The van der Waals surface area contributed by atoms with Crippen LogP contribution in [0.15, 0.2) is 29.0 Å². The van der Waals surface area contributed by atoms with Crippen molar-refractivity contribution in [3.8, 4) is 11.1 Å². The lowest BCUT2D eigenvalue weighted by Crippen LogP contribution is -2.22. The van der Waals surface area contributed by atoms with Gasteiger partial charge >= 0.3 is 0 Å². The Morgan fingerprint density at radius 3 is 2.28 bits per heavy atom. The van der Waals surface area contributed by atoms with Crippen molar-refractivity contribution >= 4 is 11.3 Å². The van der Waals surface area contributed by atoms with Crippen LogP contribution in [0.1, 0.15) is 19.4 Å². The van der Waals surface area contributed by atoms with Crippen molar-refractivity contribution < 1.29 is 13.9 Å². The van der Waals surface area contributed by atoms with Crippen LogP contribution in [0.25, 0.3) is 11.1 Å². The molecule has 0 aliphatic heterocycles. The van der Waals surface area contributed by atoms with E-state index in [1.165, 1.54) is 23.5 Å². The van der Waals surface area contributed by atoms with Crippen LogP contribution in [-0.2, 0) is 5.41 Å². The smallest absolute Gasteiger partial charge is 0.134 e. The van der Waals surface area contributed by atoms with Crippen molar-refractivity contribution in [3.63, 3.8) is 0 Å². The van der Waals surface area contributed by atoms with Gasteiger partial charge in [0.15, 0.2) is 0 Å². The van der Waals surface area contributed by atoms with E-state index < -0.39 is 17.0 Å². The normalized spacial score (nSPS) is 11.8. The lowest BCUT2D eigenvalue weighted by molar-refractivity contribution is 0.218. The summed E-state index contributed by atoms with van der Waals surface area (Å²) in [7, 11) is 0. The molecule has 2 rings (SSSR count). The molecule has 1 aromatic carbocycles. The van der Waals surface area contributed by atoms with Crippen molar-refractivity contribution in [1.29, 1.82) is 0 Å². The van der Waals surface area contributed by atoms with E-state index in [4.69, 9.17) is 0 Å². The van der Waals surface area contributed by atoms with E-state index >= 15 is 0 Å². The van der Waals surface area contributed by atoms with Crippen LogP contribution in [0.2, 0.25) is 0 Å². The van der Waals surface area contributed by atoms with Crippen LogP contribution < -0.4 is 0 Å². The Labute approximate surface area is 109 Å². The minimum absolute atomic E-state index is 0.00580. The maximum Gasteiger partial charge on any atom is 0.134 e. The van der Waals surface area contributed by atoms with E-state index in [0.29, 0.717) is 11.1 Å². The van der Waals surface area contributed by atoms with E-state index in [9.17, 15) is 13.9 Å². The summed E-state index contributed by atoms with van der Waals surface area (Å²) in [5, 5.41) is 12.7. The van der Waals surface area contributed by atoms with E-state index in [1.54, 1.807) is 30.7 Å². The molecule has 0 bridgehead atoms. The Balaban J connectivity index is 2.55. The first-order chi connectivity index (χ1) is 8.45. The molecule has 0 saturated carbocycles. The zero-order chi connectivity index (χ0) is 13.3. The van der Waals surface area contributed by atoms with Gasteiger partial charge in [-0.25, -0.2) is 8.78 Å². The van der Waals surface area contributed by atoms with Crippen LogP contribution >= 0.6 is 11.3 Å². The van der Waals surface area contributed by atoms with Gasteiger partial charge in [-0.05, 0) is 40.1 Å². The number of rotatable bonds is 3. The van der Waals surface area contributed by atoms with E-state index in [2.05, 4.69) is 0 Å². The van der Waals surface area contributed by atoms with Gasteiger partial charge < -0.3 is 5.11 Å². The van der Waals surface area contributed by atoms with Crippen molar-refractivity contribution in [1.82, 2.24) is 0 Å². The second-order valence-corrected chi connectivity index (χ2v) is 5.65. The first-order valence-corrected chi connectivity index (χ1v) is 6.53. The maximum atomic E-state index is 14.0. The predicted octanol–water partition coefficient (Wildman–Crippen LogP) is 3.96. The summed E-state index contributed by atoms with van der Waals surface area (Å²) >= 11 is 1.39. The van der Waals surface area contributed by atoms with Crippen LogP contribution in [0.5, 0.6) is 0 Å². The number of hydrogen-bond acceptors (Lipinski definition) is 2. The Kier molecular flexibility index (Phi) is 3.50. The Bertz CT molecular complexity index is 524. The number of aliphatic hydroxyl groups excluding tert-OH is 1. The molecule has 1 heterocycles. The monoisotopic (exact) mass is 268 g/mol. The minimum atomic E-state index is -0.658. The molecular weight excluding hydrogens is 254 g/mol. The fraction of sp³-hybridized carbons (Fsp3) is 0.286. The summed E-state index contributed by atoms with van der Waals surface area (Å²) < 4.78 is 28.0. The standard InChI is InChI=1S/C14H14F2OS/c1-14(2,8-17)10-5-11(15)13(12(16)6-10)9-3-4-18-7-9/h3-7,17H,8H2,1-2H3. The third-order valence-electron chi connectivity index (χ3n) is 3.03. The number of halogens is 2. The summed E-state index contributed by atoms with van der Waals surface area (Å²) in [5.74, 6) is -1.19. The highest BCUT2D eigenvalue weighted by Crippen LogP contribution is 2.32. The average Bonchev–Trinajstić information content (AvgIpc) is 2.81. The molecule has 1 N–H and O–H groups in total. The molecule has 2 aromatic rings. The lowest BCUT2D eigenvalue weighted by Gasteiger charge is -2.23. The SMILES string of the molecule is CC(C)(CO)c1cc(F)c(-c2ccsc2)c(F)c1. The maximum absolute atomic E-state index is 14.0. The molecule has 0 fully saturated rings. The third kappa shape index (κ3) is 2.31. The van der Waals surface area contributed by atoms with Gasteiger partial charge in [-0.15, -0.1) is 0 Å². The molecule has 1 aromatic heterocycles. The van der Waals surface area contributed by atoms with E-state index in [1.807, 2.05) is 0 Å². The van der Waals surface area contributed by atoms with Gasteiger partial charge in [0.25, 0.3) is 0 Å². The molecule has 96 valence electrons. The molecule has 1 nitrogen and oxygen atoms in total. The van der Waals surface area contributed by atoms with Crippen molar-refractivity contribution in [2.45, 2.75) is 19.3 Å². The lowest BCUT2D eigenvalue weighted by atomic mass is 9.84. The first kappa shape index (κ1) is 13.2. The largest absolute Gasteiger partial charge is 0.395 e. The van der Waals surface area contributed by atoms with Gasteiger partial charge in [0.05, 0.1) is 12.2 Å². The quantitative estimate of drug-likeness (QED) is 0.893. The predicted molar refractivity (Wildman–Crippen MR) is 69.8 cm³/mol. The van der Waals surface area contributed by atoms with Crippen LogP contribution in [0.4, 0.5) is 8.78 Å². The van der Waals surface area contributed by atoms with E-state index in [-0.39, 0.29) is 12.2 Å². The molecular formula is C14H14F2OS. The molecule has 4 heteroatoms. The fourth-order valence-electron chi connectivity index (χ4n) is 1.74. The third-order valence-corrected chi connectivity index (χ3v) is 3.71. The van der Waals surface area contributed by atoms with Gasteiger partial charge in [-0.1, -0.05) is 13.8 Å². The molecule has 0 atom stereocenters. The summed E-state index contributed by atoms with van der Waals surface area (Å²) in [6, 6.07) is 4.28. The second kappa shape index (κ2) is 4.78. The van der Waals surface area contributed by atoms with E-state index in [0.717, 1.165) is 0 Å². The van der Waals surface area contributed by atoms with Crippen molar-refractivity contribution in [2.24, 2.45) is 0 Å². The van der Waals surface area contributed by atoms with Crippen LogP contribution in [-0.4, -0.2) is 11.7 Å². The Morgan fingerprint density at radius 2 is 1.83 bits per heavy atom. The molecule has 0 amide bonds. The van der Waals surface area contributed by atoms with Gasteiger partial charge in [-0.2, -0.15) is 11.3 Å². The number of benzene rings is 1. The van der Waals surface area contributed by atoms with Gasteiger partial charge in [0.2, 0.25) is 0 Å². The molecule has 0 spiro atoms. The Hall–Kier alpha value is -1.26. The van der Waals surface area contributed by atoms with Gasteiger partial charge in [-0.3, -0.25) is 0 Å². The molecule has 18 heavy (non-hydrogen) atoms. The highest BCUT2D eigenvalue weighted by atomic mass is 32.1. The summed E-state index contributed by atoms with van der Waals surface area (Å²) in [6.07, 6.45) is 0. The summed E-state index contributed by atoms with van der Waals surface area (Å²) in [5.41, 5.74) is 0.338. The highest BCUT2D eigenvalue weighted by molar-refractivity contribution is 7.08. The zero-order valence-corrected chi connectivity index (χ0v) is 11.0. The summed E-state index contributed by atoms with van der Waals surface area (Å²) in [6.45, 7) is 3.32. The van der Waals surface area contributed by atoms with Crippen LogP contribution in [0.3, 0.4) is 0 Å². The molecule has 0 unspecified atom stereocenters. The second-order valence-electron chi connectivity index (χ2n) is 4.87. The molecule has 0 saturated heterocycles. The summed E-state index contributed by atoms with van der Waals surface area (Å²) in [4.78, 5) is 0. The molecule has 0 radical (unpaired) electrons. The molecule has 0 aliphatic rings. The first-order valence-electron chi connectivity index (χ1n) is 5.58. The molecule has 0 aliphatic carbocycles. The van der Waals surface area contributed by atoms with Gasteiger partial charge in [0.1, 0.15) is 11.6 Å². The van der Waals surface area contributed by atoms with Crippen LogP contribution in [0, 0.1) is 11.6 Å². The topological polar surface area (TPSA) is 20.2 Å². The van der Waals surface area contributed by atoms with Crippen molar-refractivity contribution in [2.75, 3.05) is 6.61 Å². The van der Waals surface area contributed by atoms with Gasteiger partial charge in [0, 0.05) is 5.41 Å². The zero-order valence-electron chi connectivity index (χ0n) is 10.2. The fourth-order valence-corrected chi connectivity index (χ4v) is 2.38. The average molecular weight is 268 g/mol. The number of aliphatic hydroxyl groups is 1. The Morgan fingerprint density at radius 1 is 1.22 bits per heavy atom. The number of hydrogen-bond donors (Lipinski definition) is 1.